The first kappa shape index (κ1) is 13.0. The molecule has 0 spiro atoms. The van der Waals surface area contributed by atoms with Gasteiger partial charge in [0, 0.05) is 18.1 Å². The summed E-state index contributed by atoms with van der Waals surface area (Å²) in [6.45, 7) is 3.67. The summed E-state index contributed by atoms with van der Waals surface area (Å²) < 4.78 is 0. The van der Waals surface area contributed by atoms with Crippen LogP contribution < -0.4 is 0 Å². The summed E-state index contributed by atoms with van der Waals surface area (Å²) in [7, 11) is 0. The maximum absolute atomic E-state index is 11.3. The third kappa shape index (κ3) is 2.78. The van der Waals surface area contributed by atoms with Gasteiger partial charge in [-0.25, -0.2) is 4.98 Å². The summed E-state index contributed by atoms with van der Waals surface area (Å²) in [6.07, 6.45) is 4.31. The first-order valence-electron chi connectivity index (χ1n) is 6.46. The Kier molecular flexibility index (Phi) is 3.77. The van der Waals surface area contributed by atoms with E-state index in [9.17, 15) is 4.79 Å². The molecule has 1 fully saturated rings. The standard InChI is InChI=1S/C14H16N2OS2/c1-10(17)13-7-11(9-19-13)8-16-5-2-3-12(16)14-15-4-6-18-14/h4,6-7,9,12H,2-3,5,8H2,1H3. The lowest BCUT2D eigenvalue weighted by atomic mass is 10.2. The van der Waals surface area contributed by atoms with E-state index in [-0.39, 0.29) is 5.78 Å². The van der Waals surface area contributed by atoms with Crippen LogP contribution in [0, 0.1) is 0 Å². The summed E-state index contributed by atoms with van der Waals surface area (Å²) in [5.74, 6) is 0.161. The zero-order chi connectivity index (χ0) is 13.2. The second kappa shape index (κ2) is 5.53. The van der Waals surface area contributed by atoms with Crippen LogP contribution in [0.1, 0.15) is 46.0 Å². The van der Waals surface area contributed by atoms with Crippen molar-refractivity contribution in [3.8, 4) is 0 Å². The molecule has 2 aromatic rings. The van der Waals surface area contributed by atoms with E-state index >= 15 is 0 Å². The second-order valence-electron chi connectivity index (χ2n) is 4.87. The van der Waals surface area contributed by atoms with Crippen molar-refractivity contribution in [1.29, 1.82) is 0 Å². The lowest BCUT2D eigenvalue weighted by Crippen LogP contribution is -2.22. The van der Waals surface area contributed by atoms with E-state index in [0.717, 1.165) is 18.0 Å². The Labute approximate surface area is 120 Å². The molecule has 0 saturated carbocycles. The van der Waals surface area contributed by atoms with Gasteiger partial charge in [0.25, 0.3) is 0 Å². The molecular formula is C14H16N2OS2. The Morgan fingerprint density at radius 3 is 3.11 bits per heavy atom. The van der Waals surface area contributed by atoms with Gasteiger partial charge in [0.05, 0.1) is 10.9 Å². The highest BCUT2D eigenvalue weighted by Crippen LogP contribution is 2.34. The summed E-state index contributed by atoms with van der Waals surface area (Å²) in [5, 5.41) is 5.37. The molecule has 3 heterocycles. The molecule has 1 aliphatic heterocycles. The smallest absolute Gasteiger partial charge is 0.169 e. The molecule has 0 aromatic carbocycles. The predicted molar refractivity (Wildman–Crippen MR) is 78.8 cm³/mol. The molecule has 2 aromatic heterocycles. The fourth-order valence-electron chi connectivity index (χ4n) is 2.57. The number of nitrogens with zero attached hydrogens (tertiary/aromatic N) is 2. The van der Waals surface area contributed by atoms with Crippen LogP contribution >= 0.6 is 22.7 Å². The fourth-order valence-corrected chi connectivity index (χ4v) is 4.18. The summed E-state index contributed by atoms with van der Waals surface area (Å²) in [5.41, 5.74) is 1.25. The number of hydrogen-bond donors (Lipinski definition) is 0. The van der Waals surface area contributed by atoms with Gasteiger partial charge < -0.3 is 0 Å². The number of likely N-dealkylation sites (tertiary alicyclic amines) is 1. The number of carbonyl (C=O) groups is 1. The molecule has 1 aliphatic rings. The molecule has 3 nitrogen and oxygen atoms in total. The predicted octanol–water partition coefficient (Wildman–Crippen LogP) is 3.74. The Bertz CT molecular complexity index is 562. The van der Waals surface area contributed by atoms with E-state index in [1.807, 2.05) is 17.6 Å². The van der Waals surface area contributed by atoms with Gasteiger partial charge >= 0.3 is 0 Å². The van der Waals surface area contributed by atoms with Gasteiger partial charge in [-0.3, -0.25) is 9.69 Å². The van der Waals surface area contributed by atoms with Crippen LogP contribution in [-0.2, 0) is 6.54 Å². The lowest BCUT2D eigenvalue weighted by molar-refractivity contribution is 0.102. The van der Waals surface area contributed by atoms with Crippen molar-refractivity contribution in [2.45, 2.75) is 32.4 Å². The van der Waals surface area contributed by atoms with Gasteiger partial charge in [0.2, 0.25) is 0 Å². The minimum absolute atomic E-state index is 0.161. The largest absolute Gasteiger partial charge is 0.294 e. The van der Waals surface area contributed by atoms with Crippen LogP contribution in [0.15, 0.2) is 23.0 Å². The van der Waals surface area contributed by atoms with Crippen LogP contribution in [0.25, 0.3) is 0 Å². The molecule has 0 radical (unpaired) electrons. The number of thiazole rings is 1. The van der Waals surface area contributed by atoms with Gasteiger partial charge in [0.15, 0.2) is 5.78 Å². The summed E-state index contributed by atoms with van der Waals surface area (Å²) in [6, 6.07) is 2.49. The minimum Gasteiger partial charge on any atom is -0.294 e. The van der Waals surface area contributed by atoms with Gasteiger partial charge in [-0.15, -0.1) is 22.7 Å². The van der Waals surface area contributed by atoms with Crippen molar-refractivity contribution >= 4 is 28.5 Å². The van der Waals surface area contributed by atoms with Crippen LogP contribution in [0.4, 0.5) is 0 Å². The number of carbonyl (C=O) groups excluding carboxylic acids is 1. The molecule has 0 amide bonds. The van der Waals surface area contributed by atoms with E-state index in [4.69, 9.17) is 0 Å². The fraction of sp³-hybridized carbons (Fsp3) is 0.429. The van der Waals surface area contributed by atoms with E-state index in [1.165, 1.54) is 23.4 Å². The number of thiophene rings is 1. The molecule has 0 bridgehead atoms. The quantitative estimate of drug-likeness (QED) is 0.805. The van der Waals surface area contributed by atoms with Crippen molar-refractivity contribution in [3.05, 3.63) is 38.5 Å². The number of hydrogen-bond acceptors (Lipinski definition) is 5. The maximum Gasteiger partial charge on any atom is 0.169 e. The maximum atomic E-state index is 11.3. The van der Waals surface area contributed by atoms with Gasteiger partial charge in [-0.1, -0.05) is 0 Å². The number of Topliss-reactive ketones (excluding diaryl/α,β-unsaturated/α-hetero) is 1. The van der Waals surface area contributed by atoms with Crippen molar-refractivity contribution in [1.82, 2.24) is 9.88 Å². The zero-order valence-corrected chi connectivity index (χ0v) is 12.5. The van der Waals surface area contributed by atoms with Crippen LogP contribution in [0.2, 0.25) is 0 Å². The number of aromatic nitrogens is 1. The Morgan fingerprint density at radius 2 is 2.42 bits per heavy atom. The highest BCUT2D eigenvalue weighted by Gasteiger charge is 2.27. The van der Waals surface area contributed by atoms with E-state index in [2.05, 4.69) is 15.3 Å². The van der Waals surface area contributed by atoms with E-state index in [0.29, 0.717) is 6.04 Å². The third-order valence-corrected chi connectivity index (χ3v) is 5.44. The lowest BCUT2D eigenvalue weighted by Gasteiger charge is -2.22. The molecular weight excluding hydrogens is 276 g/mol. The normalized spacial score (nSPS) is 19.9. The van der Waals surface area contributed by atoms with Crippen LogP contribution in [-0.4, -0.2) is 22.2 Å². The van der Waals surface area contributed by atoms with Crippen molar-refractivity contribution in [2.75, 3.05) is 6.54 Å². The van der Waals surface area contributed by atoms with Gasteiger partial charge in [0.1, 0.15) is 5.01 Å². The first-order valence-corrected chi connectivity index (χ1v) is 8.22. The molecule has 1 unspecified atom stereocenters. The Balaban J connectivity index is 1.73. The molecule has 0 N–H and O–H groups in total. The topological polar surface area (TPSA) is 33.2 Å². The van der Waals surface area contributed by atoms with Crippen molar-refractivity contribution < 1.29 is 4.79 Å². The molecule has 0 aliphatic carbocycles. The van der Waals surface area contributed by atoms with Crippen LogP contribution in [0.3, 0.4) is 0 Å². The molecule has 3 rings (SSSR count). The first-order chi connectivity index (χ1) is 9.24. The monoisotopic (exact) mass is 292 g/mol. The summed E-state index contributed by atoms with van der Waals surface area (Å²) >= 11 is 3.29. The number of ketones is 1. The van der Waals surface area contributed by atoms with E-state index in [1.54, 1.807) is 29.6 Å². The summed E-state index contributed by atoms with van der Waals surface area (Å²) in [4.78, 5) is 19.1. The Morgan fingerprint density at radius 1 is 1.53 bits per heavy atom. The minimum atomic E-state index is 0.161. The number of rotatable bonds is 4. The van der Waals surface area contributed by atoms with Crippen molar-refractivity contribution in [2.24, 2.45) is 0 Å². The SMILES string of the molecule is CC(=O)c1cc(CN2CCCC2c2nccs2)cs1. The van der Waals surface area contributed by atoms with Gasteiger partial charge in [-0.05, 0) is 43.3 Å². The molecule has 100 valence electrons. The van der Waals surface area contributed by atoms with Gasteiger partial charge in [-0.2, -0.15) is 0 Å². The second-order valence-corrected chi connectivity index (χ2v) is 6.71. The third-order valence-electron chi connectivity index (χ3n) is 3.49. The van der Waals surface area contributed by atoms with Crippen molar-refractivity contribution in [3.63, 3.8) is 0 Å². The average Bonchev–Trinajstić information content (AvgIpc) is 3.09. The van der Waals surface area contributed by atoms with Crippen LogP contribution in [0.5, 0.6) is 0 Å². The zero-order valence-electron chi connectivity index (χ0n) is 10.8. The molecule has 1 saturated heterocycles. The molecule has 19 heavy (non-hydrogen) atoms. The highest BCUT2D eigenvalue weighted by atomic mass is 32.1. The average molecular weight is 292 g/mol. The molecule has 5 heteroatoms. The highest BCUT2D eigenvalue weighted by molar-refractivity contribution is 7.12. The van der Waals surface area contributed by atoms with E-state index < -0.39 is 0 Å². The Hall–Kier alpha value is -1.04. The molecule has 1 atom stereocenters.